The zero-order valence-corrected chi connectivity index (χ0v) is 9.43. The number of carbonyl (C=O) groups excluding carboxylic acids is 1. The van der Waals surface area contributed by atoms with Crippen LogP contribution in [0.4, 0.5) is 0 Å². The number of hydrogen-bond acceptors (Lipinski definition) is 5. The molecule has 1 atom stereocenters. The molecule has 6 heteroatoms. The lowest BCUT2D eigenvalue weighted by molar-refractivity contribution is 0.0845. The van der Waals surface area contributed by atoms with Gasteiger partial charge in [0.1, 0.15) is 5.69 Å². The first kappa shape index (κ1) is 11.9. The van der Waals surface area contributed by atoms with Gasteiger partial charge in [-0.15, -0.1) is 0 Å². The van der Waals surface area contributed by atoms with Crippen molar-refractivity contribution < 1.29 is 14.6 Å². The van der Waals surface area contributed by atoms with E-state index >= 15 is 0 Å². The Morgan fingerprint density at radius 1 is 1.59 bits per heavy atom. The van der Waals surface area contributed by atoms with Crippen molar-refractivity contribution in [3.8, 4) is 0 Å². The summed E-state index contributed by atoms with van der Waals surface area (Å²) in [5.74, 6) is -0.281. The number of nitrogens with zero attached hydrogens (tertiary/aromatic N) is 2. The van der Waals surface area contributed by atoms with Gasteiger partial charge in [-0.1, -0.05) is 0 Å². The molecule has 1 unspecified atom stereocenters. The van der Waals surface area contributed by atoms with Crippen molar-refractivity contribution in [1.82, 2.24) is 15.3 Å². The first-order valence-electron chi connectivity index (χ1n) is 5.53. The Bertz CT molecular complexity index is 377. The van der Waals surface area contributed by atoms with E-state index in [0.29, 0.717) is 26.1 Å². The Morgan fingerprint density at radius 3 is 3.06 bits per heavy atom. The van der Waals surface area contributed by atoms with Gasteiger partial charge in [-0.2, -0.15) is 0 Å². The summed E-state index contributed by atoms with van der Waals surface area (Å²) in [5, 5.41) is 11.9. The van der Waals surface area contributed by atoms with Crippen LogP contribution in [0.15, 0.2) is 18.6 Å². The number of hydrogen-bond donors (Lipinski definition) is 2. The minimum atomic E-state index is -0.469. The van der Waals surface area contributed by atoms with Gasteiger partial charge in [0.2, 0.25) is 0 Å². The third-order valence-electron chi connectivity index (χ3n) is 2.87. The minimum Gasteiger partial charge on any atom is -0.396 e. The zero-order chi connectivity index (χ0) is 12.1. The van der Waals surface area contributed by atoms with E-state index in [0.717, 1.165) is 0 Å². The van der Waals surface area contributed by atoms with Crippen LogP contribution in [-0.2, 0) is 4.74 Å². The van der Waals surface area contributed by atoms with Gasteiger partial charge in [0.05, 0.1) is 18.3 Å². The number of carbonyl (C=O) groups is 1. The van der Waals surface area contributed by atoms with Crippen molar-refractivity contribution in [1.29, 1.82) is 0 Å². The number of nitrogens with one attached hydrogen (secondary N) is 1. The Kier molecular flexibility index (Phi) is 3.65. The smallest absolute Gasteiger partial charge is 0.271 e. The van der Waals surface area contributed by atoms with Crippen LogP contribution in [0, 0.1) is 0 Å². The first-order chi connectivity index (χ1) is 8.26. The van der Waals surface area contributed by atoms with Crippen LogP contribution in [-0.4, -0.2) is 46.3 Å². The molecule has 2 rings (SSSR count). The fourth-order valence-corrected chi connectivity index (χ4v) is 1.90. The zero-order valence-electron chi connectivity index (χ0n) is 9.43. The molecule has 2 heterocycles. The fourth-order valence-electron chi connectivity index (χ4n) is 1.90. The third kappa shape index (κ3) is 2.78. The lowest BCUT2D eigenvalue weighted by Gasteiger charge is -2.27. The van der Waals surface area contributed by atoms with Crippen LogP contribution in [0.5, 0.6) is 0 Å². The van der Waals surface area contributed by atoms with Crippen LogP contribution in [0.2, 0.25) is 0 Å². The van der Waals surface area contributed by atoms with Crippen molar-refractivity contribution in [2.45, 2.75) is 18.4 Å². The van der Waals surface area contributed by atoms with Gasteiger partial charge in [0.15, 0.2) is 0 Å². The van der Waals surface area contributed by atoms with Crippen LogP contribution >= 0.6 is 0 Å². The summed E-state index contributed by atoms with van der Waals surface area (Å²) in [6.45, 7) is 1.05. The van der Waals surface area contributed by atoms with Gasteiger partial charge >= 0.3 is 0 Å². The van der Waals surface area contributed by atoms with Gasteiger partial charge in [-0.3, -0.25) is 9.78 Å². The number of amides is 1. The predicted octanol–water partition coefficient (Wildman–Crippen LogP) is -0.252. The number of rotatable bonds is 4. The Labute approximate surface area is 99.0 Å². The maximum atomic E-state index is 11.9. The van der Waals surface area contributed by atoms with E-state index < -0.39 is 5.54 Å². The van der Waals surface area contributed by atoms with Gasteiger partial charge in [-0.25, -0.2) is 4.98 Å². The molecule has 0 saturated carbocycles. The average molecular weight is 237 g/mol. The van der Waals surface area contributed by atoms with Gasteiger partial charge in [-0.05, 0) is 12.8 Å². The Balaban J connectivity index is 2.06. The summed E-state index contributed by atoms with van der Waals surface area (Å²) < 4.78 is 5.29. The molecule has 1 saturated heterocycles. The highest BCUT2D eigenvalue weighted by Gasteiger charge is 2.36. The average Bonchev–Trinajstić information content (AvgIpc) is 2.79. The summed E-state index contributed by atoms with van der Waals surface area (Å²) >= 11 is 0. The summed E-state index contributed by atoms with van der Waals surface area (Å²) in [6, 6.07) is 0. The molecule has 1 aliphatic heterocycles. The van der Waals surface area contributed by atoms with E-state index in [4.69, 9.17) is 9.84 Å². The molecule has 0 radical (unpaired) electrons. The van der Waals surface area contributed by atoms with E-state index in [-0.39, 0.29) is 18.2 Å². The molecule has 0 aromatic carbocycles. The van der Waals surface area contributed by atoms with E-state index in [2.05, 4.69) is 15.3 Å². The molecule has 0 aliphatic carbocycles. The minimum absolute atomic E-state index is 0.0180. The molecular formula is C11H15N3O3. The lowest BCUT2D eigenvalue weighted by Crippen LogP contribution is -2.49. The molecule has 17 heavy (non-hydrogen) atoms. The molecule has 92 valence electrons. The van der Waals surface area contributed by atoms with Crippen molar-refractivity contribution in [3.05, 3.63) is 24.3 Å². The predicted molar refractivity (Wildman–Crippen MR) is 59.4 cm³/mol. The van der Waals surface area contributed by atoms with E-state index in [1.54, 1.807) is 0 Å². The number of aliphatic hydroxyl groups excluding tert-OH is 1. The maximum Gasteiger partial charge on any atom is 0.271 e. The largest absolute Gasteiger partial charge is 0.396 e. The first-order valence-corrected chi connectivity index (χ1v) is 5.53. The molecule has 1 fully saturated rings. The van der Waals surface area contributed by atoms with Crippen molar-refractivity contribution in [3.63, 3.8) is 0 Å². The molecule has 0 bridgehead atoms. The lowest BCUT2D eigenvalue weighted by atomic mass is 9.94. The SMILES string of the molecule is O=C(NC1(CCO)CCOC1)c1cnccn1. The van der Waals surface area contributed by atoms with E-state index in [1.165, 1.54) is 18.6 Å². The summed E-state index contributed by atoms with van der Waals surface area (Å²) in [7, 11) is 0. The molecule has 0 spiro atoms. The summed E-state index contributed by atoms with van der Waals surface area (Å²) in [6.07, 6.45) is 5.59. The van der Waals surface area contributed by atoms with Crippen LogP contribution in [0.25, 0.3) is 0 Å². The molecule has 1 amide bonds. The standard InChI is InChI=1S/C11H15N3O3/c15-5-1-11(2-6-17-8-11)14-10(16)9-7-12-3-4-13-9/h3-4,7,15H,1-2,5-6,8H2,(H,14,16). The Hall–Kier alpha value is -1.53. The molecule has 1 aliphatic rings. The molecule has 1 aromatic rings. The highest BCUT2D eigenvalue weighted by Crippen LogP contribution is 2.22. The number of aromatic nitrogens is 2. The van der Waals surface area contributed by atoms with E-state index in [1.807, 2.05) is 0 Å². The highest BCUT2D eigenvalue weighted by atomic mass is 16.5. The van der Waals surface area contributed by atoms with Crippen LogP contribution < -0.4 is 5.32 Å². The fraction of sp³-hybridized carbons (Fsp3) is 0.545. The molecule has 2 N–H and O–H groups in total. The van der Waals surface area contributed by atoms with E-state index in [9.17, 15) is 4.79 Å². The van der Waals surface area contributed by atoms with Crippen molar-refractivity contribution >= 4 is 5.91 Å². The Morgan fingerprint density at radius 2 is 2.47 bits per heavy atom. The normalized spacial score (nSPS) is 23.6. The summed E-state index contributed by atoms with van der Waals surface area (Å²) in [5.41, 5.74) is -0.194. The second-order valence-corrected chi connectivity index (χ2v) is 4.10. The van der Waals surface area contributed by atoms with Gasteiger partial charge < -0.3 is 15.2 Å². The highest BCUT2D eigenvalue weighted by molar-refractivity contribution is 5.92. The second kappa shape index (κ2) is 5.20. The van der Waals surface area contributed by atoms with Gasteiger partial charge in [0.25, 0.3) is 5.91 Å². The van der Waals surface area contributed by atoms with Crippen LogP contribution in [0.3, 0.4) is 0 Å². The topological polar surface area (TPSA) is 84.3 Å². The number of ether oxygens (including phenoxy) is 1. The van der Waals surface area contributed by atoms with Crippen molar-refractivity contribution in [2.75, 3.05) is 19.8 Å². The van der Waals surface area contributed by atoms with Crippen molar-refractivity contribution in [2.24, 2.45) is 0 Å². The second-order valence-electron chi connectivity index (χ2n) is 4.10. The monoisotopic (exact) mass is 237 g/mol. The molecule has 1 aromatic heterocycles. The maximum absolute atomic E-state index is 11.9. The van der Waals surface area contributed by atoms with Gasteiger partial charge in [0, 0.05) is 25.6 Å². The summed E-state index contributed by atoms with van der Waals surface area (Å²) in [4.78, 5) is 19.7. The molecule has 6 nitrogen and oxygen atoms in total. The number of aliphatic hydroxyl groups is 1. The molecular weight excluding hydrogens is 222 g/mol. The van der Waals surface area contributed by atoms with Crippen LogP contribution in [0.1, 0.15) is 23.3 Å². The third-order valence-corrected chi connectivity index (χ3v) is 2.87. The quantitative estimate of drug-likeness (QED) is 0.754.